The summed E-state index contributed by atoms with van der Waals surface area (Å²) in [5.74, 6) is 0.387. The molecule has 4 atom stereocenters. The van der Waals surface area contributed by atoms with E-state index in [9.17, 15) is 9.59 Å². The standard InChI is InChI=1S/C16H28N2O3/c1-10(2)11(3-6-15(19)20)7-8-17-16(21)13-9-12-4-5-14(13)18-12/h10-14,18H,3-9H2,1-2H3,(H,17,21)(H,19,20). The molecule has 0 saturated carbocycles. The Hall–Kier alpha value is -1.10. The van der Waals surface area contributed by atoms with Crippen molar-refractivity contribution in [2.24, 2.45) is 17.8 Å². The summed E-state index contributed by atoms with van der Waals surface area (Å²) in [6.07, 6.45) is 5.08. The Morgan fingerprint density at radius 3 is 2.57 bits per heavy atom. The number of rotatable bonds is 8. The minimum Gasteiger partial charge on any atom is -0.481 e. The average Bonchev–Trinajstić information content (AvgIpc) is 3.04. The van der Waals surface area contributed by atoms with Crippen LogP contribution in [0.3, 0.4) is 0 Å². The minimum atomic E-state index is -0.738. The van der Waals surface area contributed by atoms with Crippen molar-refractivity contribution in [3.63, 3.8) is 0 Å². The predicted molar refractivity (Wildman–Crippen MR) is 80.9 cm³/mol. The first-order valence-electron chi connectivity index (χ1n) is 8.23. The molecule has 1 amide bonds. The molecule has 2 saturated heterocycles. The number of fused-ring (bicyclic) bond motifs is 2. The number of hydrogen-bond donors (Lipinski definition) is 3. The summed E-state index contributed by atoms with van der Waals surface area (Å²) in [6, 6.07) is 0.924. The fraction of sp³-hybridized carbons (Fsp3) is 0.875. The van der Waals surface area contributed by atoms with Crippen LogP contribution in [0.25, 0.3) is 0 Å². The van der Waals surface area contributed by atoms with Gasteiger partial charge in [-0.2, -0.15) is 0 Å². The Morgan fingerprint density at radius 2 is 2.05 bits per heavy atom. The Balaban J connectivity index is 1.69. The summed E-state index contributed by atoms with van der Waals surface area (Å²) >= 11 is 0. The first-order valence-corrected chi connectivity index (χ1v) is 8.23. The molecule has 0 spiro atoms. The van der Waals surface area contributed by atoms with Gasteiger partial charge in [0.2, 0.25) is 5.91 Å². The minimum absolute atomic E-state index is 0.139. The second-order valence-electron chi connectivity index (χ2n) is 6.91. The van der Waals surface area contributed by atoms with Crippen molar-refractivity contribution in [3.05, 3.63) is 0 Å². The van der Waals surface area contributed by atoms with Gasteiger partial charge in [0.25, 0.3) is 0 Å². The third kappa shape index (κ3) is 4.43. The zero-order chi connectivity index (χ0) is 15.4. The molecule has 2 heterocycles. The van der Waals surface area contributed by atoms with Crippen LogP contribution in [0.1, 0.15) is 52.4 Å². The first kappa shape index (κ1) is 16.3. The van der Waals surface area contributed by atoms with Gasteiger partial charge in [-0.1, -0.05) is 13.8 Å². The third-order valence-electron chi connectivity index (χ3n) is 5.12. The molecule has 120 valence electrons. The monoisotopic (exact) mass is 296 g/mol. The predicted octanol–water partition coefficient (Wildman–Crippen LogP) is 1.77. The molecule has 2 fully saturated rings. The van der Waals surface area contributed by atoms with Gasteiger partial charge in [-0.25, -0.2) is 0 Å². The number of carboxylic acids is 1. The summed E-state index contributed by atoms with van der Waals surface area (Å²) in [7, 11) is 0. The third-order valence-corrected chi connectivity index (χ3v) is 5.12. The van der Waals surface area contributed by atoms with Crippen molar-refractivity contribution < 1.29 is 14.7 Å². The molecule has 4 unspecified atom stereocenters. The molecule has 0 radical (unpaired) electrons. The summed E-state index contributed by atoms with van der Waals surface area (Å²) in [5.41, 5.74) is 0. The Bertz CT molecular complexity index is 384. The van der Waals surface area contributed by atoms with Crippen LogP contribution in [-0.2, 0) is 9.59 Å². The van der Waals surface area contributed by atoms with E-state index in [1.165, 1.54) is 6.42 Å². The lowest BCUT2D eigenvalue weighted by Gasteiger charge is -2.22. The molecular weight excluding hydrogens is 268 g/mol. The van der Waals surface area contributed by atoms with Crippen molar-refractivity contribution in [2.75, 3.05) is 6.54 Å². The van der Waals surface area contributed by atoms with Gasteiger partial charge >= 0.3 is 5.97 Å². The molecule has 0 aromatic heterocycles. The fourth-order valence-corrected chi connectivity index (χ4v) is 3.75. The number of nitrogens with one attached hydrogen (secondary N) is 2. The zero-order valence-electron chi connectivity index (χ0n) is 13.1. The molecule has 0 aliphatic carbocycles. The highest BCUT2D eigenvalue weighted by Crippen LogP contribution is 2.33. The maximum atomic E-state index is 12.2. The van der Waals surface area contributed by atoms with E-state index in [-0.39, 0.29) is 18.2 Å². The smallest absolute Gasteiger partial charge is 0.303 e. The number of hydrogen-bond acceptors (Lipinski definition) is 3. The van der Waals surface area contributed by atoms with Crippen LogP contribution in [-0.4, -0.2) is 35.6 Å². The molecule has 21 heavy (non-hydrogen) atoms. The van der Waals surface area contributed by atoms with Crippen LogP contribution in [0.5, 0.6) is 0 Å². The van der Waals surface area contributed by atoms with E-state index < -0.39 is 5.97 Å². The summed E-state index contributed by atoms with van der Waals surface area (Å²) in [6.45, 7) is 4.90. The first-order chi connectivity index (χ1) is 9.97. The summed E-state index contributed by atoms with van der Waals surface area (Å²) in [5, 5.41) is 15.3. The van der Waals surface area contributed by atoms with Crippen LogP contribution < -0.4 is 10.6 Å². The largest absolute Gasteiger partial charge is 0.481 e. The van der Waals surface area contributed by atoms with Gasteiger partial charge < -0.3 is 15.7 Å². The van der Waals surface area contributed by atoms with E-state index in [0.717, 1.165) is 19.3 Å². The summed E-state index contributed by atoms with van der Waals surface area (Å²) in [4.78, 5) is 22.9. The lowest BCUT2D eigenvalue weighted by Crippen LogP contribution is -2.38. The quantitative estimate of drug-likeness (QED) is 0.638. The van der Waals surface area contributed by atoms with E-state index in [0.29, 0.717) is 36.9 Å². The van der Waals surface area contributed by atoms with Crippen LogP contribution in [0.15, 0.2) is 0 Å². The van der Waals surface area contributed by atoms with E-state index in [1.807, 2.05) is 0 Å². The van der Waals surface area contributed by atoms with Gasteiger partial charge in [0.15, 0.2) is 0 Å². The highest BCUT2D eigenvalue weighted by molar-refractivity contribution is 5.80. The Kier molecular flexibility index (Phi) is 5.62. The Morgan fingerprint density at radius 1 is 1.29 bits per heavy atom. The fourth-order valence-electron chi connectivity index (χ4n) is 3.75. The molecule has 2 aliphatic rings. The molecule has 0 aromatic carbocycles. The lowest BCUT2D eigenvalue weighted by atomic mass is 9.87. The van der Waals surface area contributed by atoms with Gasteiger partial charge in [-0.3, -0.25) is 9.59 Å². The number of carboxylic acid groups (broad SMARTS) is 1. The van der Waals surface area contributed by atoms with E-state index in [2.05, 4.69) is 24.5 Å². The SMILES string of the molecule is CC(C)C(CCNC(=O)C1CC2CCC1N2)CCC(=O)O. The maximum Gasteiger partial charge on any atom is 0.303 e. The molecule has 3 N–H and O–H groups in total. The van der Waals surface area contributed by atoms with Crippen molar-refractivity contribution in [2.45, 2.75) is 64.5 Å². The molecule has 5 nitrogen and oxygen atoms in total. The van der Waals surface area contributed by atoms with Gasteiger partial charge in [0, 0.05) is 25.0 Å². The Labute approximate surface area is 126 Å². The average molecular weight is 296 g/mol. The highest BCUT2D eigenvalue weighted by Gasteiger charge is 2.42. The van der Waals surface area contributed by atoms with Crippen molar-refractivity contribution in [1.29, 1.82) is 0 Å². The maximum absolute atomic E-state index is 12.2. The van der Waals surface area contributed by atoms with Crippen LogP contribution in [0, 0.1) is 17.8 Å². The molecule has 2 rings (SSSR count). The van der Waals surface area contributed by atoms with Crippen LogP contribution >= 0.6 is 0 Å². The van der Waals surface area contributed by atoms with Gasteiger partial charge in [0.1, 0.15) is 0 Å². The molecule has 2 aliphatic heterocycles. The lowest BCUT2D eigenvalue weighted by molar-refractivity contribution is -0.137. The molecule has 0 aromatic rings. The highest BCUT2D eigenvalue weighted by atomic mass is 16.4. The van der Waals surface area contributed by atoms with Crippen molar-refractivity contribution >= 4 is 11.9 Å². The number of carbonyl (C=O) groups excluding carboxylic acids is 1. The normalized spacial score (nSPS) is 28.8. The van der Waals surface area contributed by atoms with E-state index in [4.69, 9.17) is 5.11 Å². The zero-order valence-corrected chi connectivity index (χ0v) is 13.1. The number of amides is 1. The van der Waals surface area contributed by atoms with Gasteiger partial charge in [-0.05, 0) is 43.9 Å². The number of aliphatic carboxylic acids is 1. The van der Waals surface area contributed by atoms with E-state index >= 15 is 0 Å². The molecular formula is C16H28N2O3. The summed E-state index contributed by atoms with van der Waals surface area (Å²) < 4.78 is 0. The number of carbonyl (C=O) groups is 2. The van der Waals surface area contributed by atoms with Crippen molar-refractivity contribution in [3.8, 4) is 0 Å². The van der Waals surface area contributed by atoms with Crippen LogP contribution in [0.4, 0.5) is 0 Å². The van der Waals surface area contributed by atoms with Gasteiger partial charge in [-0.15, -0.1) is 0 Å². The molecule has 2 bridgehead atoms. The second-order valence-corrected chi connectivity index (χ2v) is 6.91. The van der Waals surface area contributed by atoms with Gasteiger partial charge in [0.05, 0.1) is 5.92 Å². The topological polar surface area (TPSA) is 78.4 Å². The van der Waals surface area contributed by atoms with Crippen LogP contribution in [0.2, 0.25) is 0 Å². The van der Waals surface area contributed by atoms with Crippen molar-refractivity contribution in [1.82, 2.24) is 10.6 Å². The molecule has 5 heteroatoms. The second kappa shape index (κ2) is 7.25. The van der Waals surface area contributed by atoms with E-state index in [1.54, 1.807) is 0 Å².